The van der Waals surface area contributed by atoms with Crippen molar-refractivity contribution < 1.29 is 17.4 Å². The van der Waals surface area contributed by atoms with E-state index in [1.807, 2.05) is 0 Å². The molecule has 1 atom stereocenters. The number of carbonyl (C=O) groups excluding carboxylic acids is 1. The molecule has 4 N–H and O–H groups in total. The van der Waals surface area contributed by atoms with E-state index < -0.39 is 22.3 Å². The lowest BCUT2D eigenvalue weighted by Crippen LogP contribution is -2.36. The van der Waals surface area contributed by atoms with Crippen LogP contribution >= 0.6 is 12.6 Å². The smallest absolute Gasteiger partial charge is 0.332 e. The summed E-state index contributed by atoms with van der Waals surface area (Å²) in [6, 6.07) is -1.07. The van der Waals surface area contributed by atoms with Gasteiger partial charge >= 0.3 is 16.3 Å². The summed E-state index contributed by atoms with van der Waals surface area (Å²) in [6.45, 7) is 0. The molecule has 0 unspecified atom stereocenters. The standard InChI is InChI=1S/C3H8N2O4S2/c4-2(1-10)3(6)9-11(5,7)8/h2,10H,1,4H2,(H2,5,7,8)/t2-/m0/s1. The Balaban J connectivity index is 4.10. The number of thiol groups is 1. The van der Waals surface area contributed by atoms with Crippen LogP contribution in [-0.2, 0) is 19.3 Å². The average Bonchev–Trinajstić information content (AvgIpc) is 1.82. The molecule has 0 bridgehead atoms. The summed E-state index contributed by atoms with van der Waals surface area (Å²) in [6.07, 6.45) is 0. The van der Waals surface area contributed by atoms with Gasteiger partial charge in [0.05, 0.1) is 0 Å². The molecule has 0 radical (unpaired) electrons. The molecule has 6 nitrogen and oxygen atoms in total. The number of carbonyl (C=O) groups is 1. The normalized spacial score (nSPS) is 14.1. The maximum atomic E-state index is 10.5. The van der Waals surface area contributed by atoms with E-state index >= 15 is 0 Å². The minimum absolute atomic E-state index is 0.00560. The number of hydrogen-bond acceptors (Lipinski definition) is 6. The fraction of sp³-hybridized carbons (Fsp3) is 0.667. The van der Waals surface area contributed by atoms with E-state index in [4.69, 9.17) is 5.73 Å². The van der Waals surface area contributed by atoms with Crippen molar-refractivity contribution in [2.45, 2.75) is 6.04 Å². The molecule has 0 aromatic heterocycles. The highest BCUT2D eigenvalue weighted by Crippen LogP contribution is 1.91. The SMILES string of the molecule is N[C@@H](CS)C(=O)OS(N)(=O)=O. The Morgan fingerprint density at radius 3 is 2.36 bits per heavy atom. The average molecular weight is 200 g/mol. The maximum absolute atomic E-state index is 10.5. The van der Waals surface area contributed by atoms with Gasteiger partial charge in [0, 0.05) is 5.75 Å². The first kappa shape index (κ1) is 10.7. The zero-order valence-corrected chi connectivity index (χ0v) is 7.14. The van der Waals surface area contributed by atoms with Crippen LogP contribution in [0.3, 0.4) is 0 Å². The minimum atomic E-state index is -4.24. The first-order chi connectivity index (χ1) is 4.87. The Labute approximate surface area is 69.5 Å². The van der Waals surface area contributed by atoms with Crippen molar-refractivity contribution in [3.05, 3.63) is 0 Å². The van der Waals surface area contributed by atoms with Gasteiger partial charge in [-0.25, -0.2) is 4.79 Å². The summed E-state index contributed by atoms with van der Waals surface area (Å²) in [5, 5.41) is 4.38. The molecular weight excluding hydrogens is 192 g/mol. The van der Waals surface area contributed by atoms with E-state index in [-0.39, 0.29) is 5.75 Å². The van der Waals surface area contributed by atoms with Gasteiger partial charge in [0.1, 0.15) is 6.04 Å². The molecule has 8 heteroatoms. The Morgan fingerprint density at radius 2 is 2.09 bits per heavy atom. The van der Waals surface area contributed by atoms with Gasteiger partial charge in [-0.05, 0) is 0 Å². The number of hydrogen-bond donors (Lipinski definition) is 3. The predicted octanol–water partition coefficient (Wildman–Crippen LogP) is -2.01. The van der Waals surface area contributed by atoms with Crippen LogP contribution in [0.1, 0.15) is 0 Å². The summed E-state index contributed by atoms with van der Waals surface area (Å²) >= 11 is 3.64. The molecule has 0 aliphatic heterocycles. The van der Waals surface area contributed by atoms with Crippen molar-refractivity contribution in [3.63, 3.8) is 0 Å². The van der Waals surface area contributed by atoms with Crippen LogP contribution in [0.5, 0.6) is 0 Å². The van der Waals surface area contributed by atoms with Crippen molar-refractivity contribution in [2.24, 2.45) is 10.9 Å². The zero-order valence-electron chi connectivity index (χ0n) is 5.43. The molecule has 0 spiro atoms. The van der Waals surface area contributed by atoms with Crippen LogP contribution in [-0.4, -0.2) is 26.2 Å². The van der Waals surface area contributed by atoms with Crippen molar-refractivity contribution in [1.82, 2.24) is 0 Å². The van der Waals surface area contributed by atoms with E-state index in [1.54, 1.807) is 0 Å². The molecular formula is C3H8N2O4S2. The summed E-state index contributed by atoms with van der Waals surface area (Å²) < 4.78 is 24.0. The molecule has 0 aliphatic rings. The fourth-order valence-corrected chi connectivity index (χ4v) is 0.752. The van der Waals surface area contributed by atoms with E-state index in [0.29, 0.717) is 0 Å². The van der Waals surface area contributed by atoms with Crippen LogP contribution in [0, 0.1) is 0 Å². The van der Waals surface area contributed by atoms with Crippen molar-refractivity contribution in [3.8, 4) is 0 Å². The lowest BCUT2D eigenvalue weighted by Gasteiger charge is -2.04. The van der Waals surface area contributed by atoms with Crippen LogP contribution < -0.4 is 10.9 Å². The van der Waals surface area contributed by atoms with Gasteiger partial charge in [-0.2, -0.15) is 26.2 Å². The fourth-order valence-electron chi connectivity index (χ4n) is 0.251. The highest BCUT2D eigenvalue weighted by molar-refractivity contribution is 7.84. The largest absolute Gasteiger partial charge is 0.382 e. The van der Waals surface area contributed by atoms with E-state index in [1.165, 1.54) is 0 Å². The molecule has 0 fully saturated rings. The van der Waals surface area contributed by atoms with Crippen LogP contribution in [0.2, 0.25) is 0 Å². The summed E-state index contributed by atoms with van der Waals surface area (Å²) in [4.78, 5) is 10.5. The zero-order chi connectivity index (χ0) is 9.07. The van der Waals surface area contributed by atoms with Gasteiger partial charge in [0.25, 0.3) is 0 Å². The maximum Gasteiger partial charge on any atom is 0.382 e. The third kappa shape index (κ3) is 5.01. The third-order valence-electron chi connectivity index (χ3n) is 0.698. The highest BCUT2D eigenvalue weighted by atomic mass is 32.2. The monoisotopic (exact) mass is 200 g/mol. The lowest BCUT2D eigenvalue weighted by molar-refractivity contribution is -0.134. The quantitative estimate of drug-likeness (QED) is 0.456. The van der Waals surface area contributed by atoms with Gasteiger partial charge in [0.15, 0.2) is 0 Å². The number of rotatable bonds is 3. The first-order valence-corrected chi connectivity index (χ1v) is 4.59. The van der Waals surface area contributed by atoms with E-state index in [0.717, 1.165) is 0 Å². The lowest BCUT2D eigenvalue weighted by atomic mass is 10.4. The molecule has 0 saturated heterocycles. The Bertz CT molecular complexity index is 236. The number of nitrogens with two attached hydrogens (primary N) is 2. The van der Waals surface area contributed by atoms with Crippen molar-refractivity contribution >= 4 is 28.9 Å². The van der Waals surface area contributed by atoms with Gasteiger partial charge in [-0.15, -0.1) is 0 Å². The van der Waals surface area contributed by atoms with Crippen LogP contribution in [0.15, 0.2) is 0 Å². The molecule has 0 heterocycles. The molecule has 11 heavy (non-hydrogen) atoms. The summed E-state index contributed by atoms with van der Waals surface area (Å²) in [7, 11) is -4.24. The second-order valence-corrected chi connectivity index (χ2v) is 3.20. The molecule has 0 aromatic carbocycles. The Hall–Kier alpha value is -0.310. The van der Waals surface area contributed by atoms with Gasteiger partial charge in [-0.3, -0.25) is 0 Å². The molecule has 0 rings (SSSR count). The molecule has 0 amide bonds. The van der Waals surface area contributed by atoms with Gasteiger partial charge in [0.2, 0.25) is 0 Å². The molecule has 0 aromatic rings. The molecule has 0 aliphatic carbocycles. The third-order valence-corrected chi connectivity index (χ3v) is 1.49. The van der Waals surface area contributed by atoms with Crippen molar-refractivity contribution in [1.29, 1.82) is 0 Å². The Kier molecular flexibility index (Phi) is 3.79. The summed E-state index contributed by atoms with van der Waals surface area (Å²) in [5.74, 6) is -1.11. The first-order valence-electron chi connectivity index (χ1n) is 2.49. The summed E-state index contributed by atoms with van der Waals surface area (Å²) in [5.41, 5.74) is 5.05. The highest BCUT2D eigenvalue weighted by Gasteiger charge is 2.18. The van der Waals surface area contributed by atoms with Gasteiger partial charge < -0.3 is 9.92 Å². The van der Waals surface area contributed by atoms with Crippen LogP contribution in [0.25, 0.3) is 0 Å². The Morgan fingerprint density at radius 1 is 1.64 bits per heavy atom. The second-order valence-electron chi connectivity index (χ2n) is 1.68. The van der Waals surface area contributed by atoms with Gasteiger partial charge in [-0.1, -0.05) is 0 Å². The van der Waals surface area contributed by atoms with Crippen LogP contribution in [0.4, 0.5) is 0 Å². The molecule has 66 valence electrons. The predicted molar refractivity (Wildman–Crippen MR) is 41.0 cm³/mol. The topological polar surface area (TPSA) is 112 Å². The minimum Gasteiger partial charge on any atom is -0.332 e. The van der Waals surface area contributed by atoms with Crippen molar-refractivity contribution in [2.75, 3.05) is 5.75 Å². The van der Waals surface area contributed by atoms with E-state index in [2.05, 4.69) is 22.0 Å². The second kappa shape index (κ2) is 3.90. The molecule has 0 saturated carbocycles. The van der Waals surface area contributed by atoms with E-state index in [9.17, 15) is 13.2 Å².